The number of thiazole rings is 1. The number of aromatic hydroxyl groups is 1. The predicted molar refractivity (Wildman–Crippen MR) is 85.0 cm³/mol. The van der Waals surface area contributed by atoms with Gasteiger partial charge < -0.3 is 5.11 Å². The molecule has 0 atom stereocenters. The molecule has 0 fully saturated rings. The summed E-state index contributed by atoms with van der Waals surface area (Å²) in [6.45, 7) is 0. The molecule has 110 valence electrons. The first-order chi connectivity index (χ1) is 10.6. The largest absolute Gasteiger partial charge is 0.504 e. The number of hydrogen-bond acceptors (Lipinski definition) is 4. The maximum atomic E-state index is 13.6. The van der Waals surface area contributed by atoms with Crippen molar-refractivity contribution in [1.29, 1.82) is 0 Å². The molecule has 1 N–H and O–H groups in total. The van der Waals surface area contributed by atoms with E-state index in [-0.39, 0.29) is 5.56 Å². The van der Waals surface area contributed by atoms with Crippen molar-refractivity contribution >= 4 is 29.2 Å². The molecule has 0 aliphatic rings. The molecule has 0 aliphatic carbocycles. The zero-order valence-electron chi connectivity index (χ0n) is 11.1. The normalized spacial score (nSPS) is 10.6. The van der Waals surface area contributed by atoms with Gasteiger partial charge in [-0.25, -0.2) is 9.37 Å². The van der Waals surface area contributed by atoms with Crippen LogP contribution >= 0.6 is 22.9 Å². The molecule has 1 heterocycles. The molecule has 0 unspecified atom stereocenters. The number of aromatic nitrogens is 1. The molecule has 0 spiro atoms. The Balaban J connectivity index is 2.02. The molecular formula is C16H9ClFNO2S. The van der Waals surface area contributed by atoms with E-state index >= 15 is 0 Å². The molecule has 3 aromatic rings. The standard InChI is InChI=1S/C16H9ClFNO2S/c17-12-3-1-9(2-4-12)16-19-14(8-22-16)10-5-11(7-20)15(21)13(18)6-10/h1-8,21H. The van der Waals surface area contributed by atoms with Crippen LogP contribution in [0.2, 0.25) is 5.02 Å². The highest BCUT2D eigenvalue weighted by atomic mass is 35.5. The minimum Gasteiger partial charge on any atom is -0.504 e. The number of nitrogens with zero attached hydrogens (tertiary/aromatic N) is 1. The van der Waals surface area contributed by atoms with E-state index in [1.165, 1.54) is 17.4 Å². The molecule has 0 saturated heterocycles. The number of phenols is 1. The Morgan fingerprint density at radius 1 is 1.18 bits per heavy atom. The molecule has 1 aromatic heterocycles. The van der Waals surface area contributed by atoms with E-state index in [1.54, 1.807) is 17.5 Å². The molecule has 6 heteroatoms. The summed E-state index contributed by atoms with van der Waals surface area (Å²) < 4.78 is 13.6. The number of phenolic OH excluding ortho intramolecular Hbond substituents is 1. The van der Waals surface area contributed by atoms with Gasteiger partial charge in [-0.2, -0.15) is 0 Å². The number of carbonyl (C=O) groups is 1. The van der Waals surface area contributed by atoms with Crippen LogP contribution in [0.5, 0.6) is 5.75 Å². The van der Waals surface area contributed by atoms with Gasteiger partial charge in [0.25, 0.3) is 0 Å². The molecule has 0 radical (unpaired) electrons. The van der Waals surface area contributed by atoms with E-state index < -0.39 is 11.6 Å². The summed E-state index contributed by atoms with van der Waals surface area (Å²) in [5.74, 6) is -1.49. The first-order valence-electron chi connectivity index (χ1n) is 6.28. The molecule has 0 saturated carbocycles. The van der Waals surface area contributed by atoms with Crippen LogP contribution in [0.25, 0.3) is 21.8 Å². The quantitative estimate of drug-likeness (QED) is 0.701. The second kappa shape index (κ2) is 5.87. The van der Waals surface area contributed by atoms with Gasteiger partial charge >= 0.3 is 0 Å². The second-order valence-corrected chi connectivity index (χ2v) is 5.85. The Kier molecular flexibility index (Phi) is 3.92. The van der Waals surface area contributed by atoms with E-state index in [0.717, 1.165) is 16.6 Å². The average molecular weight is 334 g/mol. The fraction of sp³-hybridized carbons (Fsp3) is 0. The number of rotatable bonds is 3. The van der Waals surface area contributed by atoms with Gasteiger partial charge in [-0.05, 0) is 24.3 Å². The number of carbonyl (C=O) groups excluding carboxylic acids is 1. The maximum Gasteiger partial charge on any atom is 0.166 e. The van der Waals surface area contributed by atoms with Crippen LogP contribution in [-0.4, -0.2) is 16.4 Å². The predicted octanol–water partition coefficient (Wildman–Crippen LogP) is 4.79. The molecule has 3 nitrogen and oxygen atoms in total. The van der Waals surface area contributed by atoms with E-state index in [2.05, 4.69) is 4.98 Å². The highest BCUT2D eigenvalue weighted by Crippen LogP contribution is 2.32. The Morgan fingerprint density at radius 2 is 1.91 bits per heavy atom. The number of aldehydes is 1. The van der Waals surface area contributed by atoms with Crippen molar-refractivity contribution in [2.24, 2.45) is 0 Å². The first-order valence-corrected chi connectivity index (χ1v) is 7.54. The van der Waals surface area contributed by atoms with Crippen LogP contribution < -0.4 is 0 Å². The Bertz CT molecular complexity index is 846. The fourth-order valence-corrected chi connectivity index (χ4v) is 2.95. The molecular weight excluding hydrogens is 325 g/mol. The summed E-state index contributed by atoms with van der Waals surface area (Å²) in [6.07, 6.45) is 0.411. The third kappa shape index (κ3) is 2.73. The fourth-order valence-electron chi connectivity index (χ4n) is 1.99. The third-order valence-electron chi connectivity index (χ3n) is 3.11. The van der Waals surface area contributed by atoms with Gasteiger partial charge in [-0.1, -0.05) is 23.7 Å². The van der Waals surface area contributed by atoms with Crippen molar-refractivity contribution in [2.45, 2.75) is 0 Å². The minimum absolute atomic E-state index is 0.101. The van der Waals surface area contributed by atoms with Crippen molar-refractivity contribution in [3.05, 3.63) is 58.2 Å². The SMILES string of the molecule is O=Cc1cc(-c2csc(-c3ccc(Cl)cc3)n2)cc(F)c1O. The second-order valence-electron chi connectivity index (χ2n) is 4.56. The summed E-state index contributed by atoms with van der Waals surface area (Å²) in [5.41, 5.74) is 1.78. The Morgan fingerprint density at radius 3 is 2.59 bits per heavy atom. The molecule has 0 bridgehead atoms. The third-order valence-corrected chi connectivity index (χ3v) is 4.25. The molecule has 2 aromatic carbocycles. The summed E-state index contributed by atoms with van der Waals surface area (Å²) in [7, 11) is 0. The zero-order valence-corrected chi connectivity index (χ0v) is 12.7. The number of halogens is 2. The van der Waals surface area contributed by atoms with E-state index in [9.17, 15) is 14.3 Å². The van der Waals surface area contributed by atoms with Gasteiger partial charge in [0.15, 0.2) is 17.9 Å². The van der Waals surface area contributed by atoms with Crippen LogP contribution in [0.15, 0.2) is 41.8 Å². The monoisotopic (exact) mass is 333 g/mol. The Labute approximate surface area is 134 Å². The maximum absolute atomic E-state index is 13.6. The summed E-state index contributed by atoms with van der Waals surface area (Å²) >= 11 is 7.25. The highest BCUT2D eigenvalue weighted by Gasteiger charge is 2.13. The van der Waals surface area contributed by atoms with Gasteiger partial charge in [0, 0.05) is 21.5 Å². The van der Waals surface area contributed by atoms with Crippen LogP contribution in [0.3, 0.4) is 0 Å². The smallest absolute Gasteiger partial charge is 0.166 e. The van der Waals surface area contributed by atoms with Crippen molar-refractivity contribution < 1.29 is 14.3 Å². The zero-order chi connectivity index (χ0) is 15.7. The average Bonchev–Trinajstić information content (AvgIpc) is 3.00. The summed E-state index contributed by atoms with van der Waals surface area (Å²) in [5, 5.41) is 12.6. The van der Waals surface area contributed by atoms with Crippen LogP contribution in [0.1, 0.15) is 10.4 Å². The van der Waals surface area contributed by atoms with Crippen molar-refractivity contribution in [3.63, 3.8) is 0 Å². The topological polar surface area (TPSA) is 50.2 Å². The van der Waals surface area contributed by atoms with Crippen LogP contribution in [0, 0.1) is 5.82 Å². The number of hydrogen-bond donors (Lipinski definition) is 1. The van der Waals surface area contributed by atoms with Gasteiger partial charge in [0.05, 0.1) is 11.3 Å². The lowest BCUT2D eigenvalue weighted by atomic mass is 10.1. The van der Waals surface area contributed by atoms with E-state index in [1.807, 2.05) is 12.1 Å². The van der Waals surface area contributed by atoms with Crippen molar-refractivity contribution in [3.8, 4) is 27.6 Å². The lowest BCUT2D eigenvalue weighted by Crippen LogP contribution is -1.89. The number of benzene rings is 2. The van der Waals surface area contributed by atoms with Crippen LogP contribution in [-0.2, 0) is 0 Å². The first kappa shape index (κ1) is 14.7. The van der Waals surface area contributed by atoms with Gasteiger partial charge in [0.1, 0.15) is 5.01 Å². The molecule has 0 aliphatic heterocycles. The summed E-state index contributed by atoms with van der Waals surface area (Å²) in [4.78, 5) is 15.3. The molecule has 0 amide bonds. The van der Waals surface area contributed by atoms with Gasteiger partial charge in [0.2, 0.25) is 0 Å². The highest BCUT2D eigenvalue weighted by molar-refractivity contribution is 7.13. The minimum atomic E-state index is -0.847. The van der Waals surface area contributed by atoms with E-state index in [0.29, 0.717) is 22.6 Å². The molecule has 22 heavy (non-hydrogen) atoms. The lowest BCUT2D eigenvalue weighted by molar-refractivity contribution is 0.112. The summed E-state index contributed by atoms with van der Waals surface area (Å²) in [6, 6.07) is 9.79. The van der Waals surface area contributed by atoms with Gasteiger partial charge in [-0.15, -0.1) is 11.3 Å². The van der Waals surface area contributed by atoms with Crippen molar-refractivity contribution in [2.75, 3.05) is 0 Å². The van der Waals surface area contributed by atoms with Crippen LogP contribution in [0.4, 0.5) is 4.39 Å². The Hall–Kier alpha value is -2.24. The lowest BCUT2D eigenvalue weighted by Gasteiger charge is -2.03. The molecule has 3 rings (SSSR count). The van der Waals surface area contributed by atoms with E-state index in [4.69, 9.17) is 11.6 Å². The van der Waals surface area contributed by atoms with Gasteiger partial charge in [-0.3, -0.25) is 4.79 Å². The van der Waals surface area contributed by atoms with Crippen molar-refractivity contribution in [1.82, 2.24) is 4.98 Å².